The van der Waals surface area contributed by atoms with Crippen molar-refractivity contribution in [3.63, 3.8) is 0 Å². The summed E-state index contributed by atoms with van der Waals surface area (Å²) in [7, 11) is 0. The van der Waals surface area contributed by atoms with E-state index in [-0.39, 0.29) is 12.5 Å². The average molecular weight is 327 g/mol. The zero-order chi connectivity index (χ0) is 15.6. The van der Waals surface area contributed by atoms with Crippen molar-refractivity contribution in [1.29, 1.82) is 0 Å². The van der Waals surface area contributed by atoms with Crippen molar-refractivity contribution < 1.29 is 9.53 Å². The van der Waals surface area contributed by atoms with Crippen molar-refractivity contribution in [2.24, 2.45) is 0 Å². The van der Waals surface area contributed by atoms with E-state index in [4.69, 9.17) is 27.9 Å². The third-order valence-electron chi connectivity index (χ3n) is 3.30. The van der Waals surface area contributed by atoms with E-state index in [1.54, 1.807) is 18.2 Å². The molecule has 112 valence electrons. The number of halogens is 2. The molecule has 2 rings (SSSR count). The fourth-order valence-electron chi connectivity index (χ4n) is 2.23. The van der Waals surface area contributed by atoms with E-state index in [2.05, 4.69) is 5.10 Å². The SMILES string of the molecule is CCc1c(C)nn(C(=O)COc2cccc(Cl)c2Cl)c1C. The van der Waals surface area contributed by atoms with Crippen LogP contribution in [0, 0.1) is 13.8 Å². The summed E-state index contributed by atoms with van der Waals surface area (Å²) in [5.41, 5.74) is 2.80. The molecule has 1 aromatic carbocycles. The molecule has 0 aliphatic rings. The maximum Gasteiger partial charge on any atom is 0.284 e. The summed E-state index contributed by atoms with van der Waals surface area (Å²) in [6, 6.07) is 5.04. The molecule has 21 heavy (non-hydrogen) atoms. The lowest BCUT2D eigenvalue weighted by Gasteiger charge is -2.09. The number of aryl methyl sites for hydroxylation is 1. The van der Waals surface area contributed by atoms with Gasteiger partial charge in [-0.05, 0) is 38.0 Å². The van der Waals surface area contributed by atoms with Crippen LogP contribution in [0.1, 0.15) is 28.7 Å². The van der Waals surface area contributed by atoms with Gasteiger partial charge in [-0.2, -0.15) is 5.10 Å². The van der Waals surface area contributed by atoms with Crippen molar-refractivity contribution >= 4 is 29.1 Å². The lowest BCUT2D eigenvalue weighted by Crippen LogP contribution is -2.21. The van der Waals surface area contributed by atoms with E-state index in [0.717, 1.165) is 23.4 Å². The topological polar surface area (TPSA) is 44.1 Å². The molecule has 0 amide bonds. The first-order chi connectivity index (χ1) is 9.95. The van der Waals surface area contributed by atoms with Gasteiger partial charge in [-0.25, -0.2) is 4.68 Å². The second kappa shape index (κ2) is 6.50. The number of nitrogens with zero attached hydrogens (tertiary/aromatic N) is 2. The highest BCUT2D eigenvalue weighted by molar-refractivity contribution is 6.42. The molecule has 2 aromatic rings. The predicted octanol–water partition coefficient (Wildman–Crippen LogP) is 4.09. The summed E-state index contributed by atoms with van der Waals surface area (Å²) in [5, 5.41) is 4.95. The van der Waals surface area contributed by atoms with E-state index in [0.29, 0.717) is 15.8 Å². The van der Waals surface area contributed by atoms with Crippen LogP contribution in [0.2, 0.25) is 10.0 Å². The summed E-state index contributed by atoms with van der Waals surface area (Å²) in [4.78, 5) is 12.2. The Morgan fingerprint density at radius 1 is 1.33 bits per heavy atom. The third kappa shape index (κ3) is 3.22. The fraction of sp³-hybridized carbons (Fsp3) is 0.333. The summed E-state index contributed by atoms with van der Waals surface area (Å²) in [6.07, 6.45) is 0.839. The van der Waals surface area contributed by atoms with Gasteiger partial charge in [0.05, 0.1) is 10.7 Å². The number of carbonyl (C=O) groups is 1. The Labute approximate surface area is 133 Å². The van der Waals surface area contributed by atoms with Gasteiger partial charge in [-0.15, -0.1) is 0 Å². The van der Waals surface area contributed by atoms with Gasteiger partial charge in [0.15, 0.2) is 6.61 Å². The Morgan fingerprint density at radius 2 is 2.05 bits per heavy atom. The molecule has 0 saturated heterocycles. The second-order valence-electron chi connectivity index (χ2n) is 4.65. The first-order valence-corrected chi connectivity index (χ1v) is 7.36. The van der Waals surface area contributed by atoms with Crippen LogP contribution in [0.4, 0.5) is 0 Å². The van der Waals surface area contributed by atoms with Crippen molar-refractivity contribution in [2.75, 3.05) is 6.61 Å². The van der Waals surface area contributed by atoms with Gasteiger partial charge >= 0.3 is 0 Å². The molecule has 0 fully saturated rings. The minimum absolute atomic E-state index is 0.148. The van der Waals surface area contributed by atoms with Crippen LogP contribution >= 0.6 is 23.2 Å². The van der Waals surface area contributed by atoms with Gasteiger partial charge in [0, 0.05) is 5.69 Å². The van der Waals surface area contributed by atoms with Gasteiger partial charge in [0.25, 0.3) is 5.91 Å². The Morgan fingerprint density at radius 3 is 2.67 bits per heavy atom. The number of benzene rings is 1. The minimum Gasteiger partial charge on any atom is -0.482 e. The molecule has 0 bridgehead atoms. The Hall–Kier alpha value is -1.52. The van der Waals surface area contributed by atoms with Crippen molar-refractivity contribution in [3.05, 3.63) is 45.2 Å². The first kappa shape index (κ1) is 15.9. The molecule has 1 heterocycles. The van der Waals surface area contributed by atoms with E-state index in [9.17, 15) is 4.79 Å². The van der Waals surface area contributed by atoms with Gasteiger partial charge in [0.1, 0.15) is 10.8 Å². The molecule has 0 unspecified atom stereocenters. The number of hydrogen-bond acceptors (Lipinski definition) is 3. The van der Waals surface area contributed by atoms with Crippen LogP contribution in [0.3, 0.4) is 0 Å². The molecular formula is C15H16Cl2N2O2. The van der Waals surface area contributed by atoms with Gasteiger partial charge in [-0.1, -0.05) is 36.2 Å². The molecule has 0 aliphatic heterocycles. The summed E-state index contributed by atoms with van der Waals surface area (Å²) in [5.74, 6) is 0.140. The lowest BCUT2D eigenvalue weighted by molar-refractivity contribution is 0.0818. The van der Waals surface area contributed by atoms with Crippen molar-refractivity contribution in [3.8, 4) is 5.75 Å². The highest BCUT2D eigenvalue weighted by atomic mass is 35.5. The number of ether oxygens (including phenoxy) is 1. The highest BCUT2D eigenvalue weighted by Crippen LogP contribution is 2.31. The molecule has 6 heteroatoms. The monoisotopic (exact) mass is 326 g/mol. The number of rotatable bonds is 4. The van der Waals surface area contributed by atoms with E-state index >= 15 is 0 Å². The number of aromatic nitrogens is 2. The summed E-state index contributed by atoms with van der Waals surface area (Å²) < 4.78 is 6.83. The van der Waals surface area contributed by atoms with Gasteiger partial charge in [-0.3, -0.25) is 4.79 Å². The molecule has 0 radical (unpaired) electrons. The molecule has 4 nitrogen and oxygen atoms in total. The second-order valence-corrected chi connectivity index (χ2v) is 5.43. The summed E-state index contributed by atoms with van der Waals surface area (Å²) in [6.45, 7) is 5.66. The number of hydrogen-bond donors (Lipinski definition) is 0. The normalized spacial score (nSPS) is 10.7. The van der Waals surface area contributed by atoms with E-state index in [1.807, 2.05) is 20.8 Å². The van der Waals surface area contributed by atoms with E-state index in [1.165, 1.54) is 4.68 Å². The molecule has 0 saturated carbocycles. The maximum absolute atomic E-state index is 12.2. The maximum atomic E-state index is 12.2. The van der Waals surface area contributed by atoms with Crippen molar-refractivity contribution in [1.82, 2.24) is 9.78 Å². The van der Waals surface area contributed by atoms with Crippen molar-refractivity contribution in [2.45, 2.75) is 27.2 Å². The Balaban J connectivity index is 2.14. The standard InChI is InChI=1S/C15H16Cl2N2O2/c1-4-11-9(2)18-19(10(11)3)14(20)8-21-13-7-5-6-12(16)15(13)17/h5-7H,4,8H2,1-3H3. The highest BCUT2D eigenvalue weighted by Gasteiger charge is 2.16. The average Bonchev–Trinajstić information content (AvgIpc) is 2.75. The smallest absolute Gasteiger partial charge is 0.284 e. The molecular weight excluding hydrogens is 311 g/mol. The first-order valence-electron chi connectivity index (χ1n) is 6.60. The lowest BCUT2D eigenvalue weighted by atomic mass is 10.1. The molecule has 0 N–H and O–H groups in total. The molecule has 0 spiro atoms. The molecule has 1 aromatic heterocycles. The fourth-order valence-corrected chi connectivity index (χ4v) is 2.57. The Bertz CT molecular complexity index is 681. The largest absolute Gasteiger partial charge is 0.482 e. The predicted molar refractivity (Wildman–Crippen MR) is 83.7 cm³/mol. The van der Waals surface area contributed by atoms with Gasteiger partial charge < -0.3 is 4.74 Å². The van der Waals surface area contributed by atoms with Crippen LogP contribution in [0.5, 0.6) is 5.75 Å². The van der Waals surface area contributed by atoms with Crippen LogP contribution < -0.4 is 4.74 Å². The van der Waals surface area contributed by atoms with Gasteiger partial charge in [0.2, 0.25) is 0 Å². The quantitative estimate of drug-likeness (QED) is 0.849. The zero-order valence-electron chi connectivity index (χ0n) is 12.1. The van der Waals surface area contributed by atoms with Crippen LogP contribution in [0.25, 0.3) is 0 Å². The van der Waals surface area contributed by atoms with Crippen LogP contribution in [-0.4, -0.2) is 22.3 Å². The third-order valence-corrected chi connectivity index (χ3v) is 4.10. The minimum atomic E-state index is -0.244. The zero-order valence-corrected chi connectivity index (χ0v) is 13.6. The molecule has 0 aliphatic carbocycles. The molecule has 0 atom stereocenters. The summed E-state index contributed by atoms with van der Waals surface area (Å²) >= 11 is 11.9. The Kier molecular flexibility index (Phi) is 4.91. The van der Waals surface area contributed by atoms with E-state index < -0.39 is 0 Å². The number of carbonyl (C=O) groups excluding carboxylic acids is 1. The van der Waals surface area contributed by atoms with Crippen LogP contribution in [-0.2, 0) is 6.42 Å². The van der Waals surface area contributed by atoms with Crippen LogP contribution in [0.15, 0.2) is 18.2 Å².